The second kappa shape index (κ2) is 12.3. The third kappa shape index (κ3) is 10.5. The van der Waals surface area contributed by atoms with Crippen LogP contribution in [0.25, 0.3) is 0 Å². The topological polar surface area (TPSA) is 120 Å². The van der Waals surface area contributed by atoms with E-state index in [1.165, 1.54) is 0 Å². The van der Waals surface area contributed by atoms with Crippen LogP contribution in [-0.2, 0) is 23.9 Å². The number of carboxylic acid groups (broad SMARTS) is 1. The minimum Gasteiger partial charge on any atom is -0.480 e. The molecule has 4 N–H and O–H groups in total. The van der Waals surface area contributed by atoms with E-state index in [0.29, 0.717) is 19.1 Å². The van der Waals surface area contributed by atoms with E-state index >= 15 is 0 Å². The molecule has 0 heterocycles. The van der Waals surface area contributed by atoms with Crippen LogP contribution in [0.15, 0.2) is 0 Å². The number of hydroxylamine groups is 1. The summed E-state index contributed by atoms with van der Waals surface area (Å²) >= 11 is 0. The van der Waals surface area contributed by atoms with Gasteiger partial charge in [0.05, 0.1) is 13.2 Å². The normalized spacial score (nSPS) is 13.9. The van der Waals surface area contributed by atoms with Gasteiger partial charge in [0, 0.05) is 13.2 Å². The van der Waals surface area contributed by atoms with Crippen molar-refractivity contribution in [2.45, 2.75) is 45.7 Å². The van der Waals surface area contributed by atoms with Gasteiger partial charge in [-0.2, -0.15) is 0 Å². The highest BCUT2D eigenvalue weighted by Gasteiger charge is 2.22. The molecule has 0 aliphatic carbocycles. The Morgan fingerprint density at radius 2 is 1.82 bits per heavy atom. The number of hydrogen-bond acceptors (Lipinski definition) is 7. The van der Waals surface area contributed by atoms with E-state index in [1.807, 2.05) is 20.8 Å². The molecule has 130 valence electrons. The first-order chi connectivity index (χ1) is 10.4. The molecule has 0 aromatic rings. The zero-order chi connectivity index (χ0) is 17.0. The Balaban J connectivity index is 4.02. The van der Waals surface area contributed by atoms with E-state index < -0.39 is 24.0 Å². The Morgan fingerprint density at radius 3 is 2.36 bits per heavy atom. The third-order valence-corrected chi connectivity index (χ3v) is 2.67. The monoisotopic (exact) mass is 320 g/mol. The predicted molar refractivity (Wildman–Crippen MR) is 80.0 cm³/mol. The lowest BCUT2D eigenvalue weighted by atomic mass is 10.1. The summed E-state index contributed by atoms with van der Waals surface area (Å²) in [5, 5.41) is 9.02. The molecule has 0 fully saturated rings. The van der Waals surface area contributed by atoms with Crippen LogP contribution in [0, 0.1) is 5.92 Å². The van der Waals surface area contributed by atoms with E-state index in [4.69, 9.17) is 20.3 Å². The molecule has 2 atom stereocenters. The maximum atomic E-state index is 11.6. The van der Waals surface area contributed by atoms with Gasteiger partial charge in [-0.1, -0.05) is 20.8 Å². The number of aliphatic carboxylic acids is 1. The maximum absolute atomic E-state index is 11.6. The summed E-state index contributed by atoms with van der Waals surface area (Å²) in [5.74, 6) is -1.48. The van der Waals surface area contributed by atoms with Crippen LogP contribution in [0.4, 0.5) is 0 Å². The number of carbonyl (C=O) groups excluding carboxylic acids is 1. The summed E-state index contributed by atoms with van der Waals surface area (Å²) in [6.45, 7) is 6.88. The molecule has 0 saturated heterocycles. The van der Waals surface area contributed by atoms with Crippen molar-refractivity contribution in [2.75, 3.05) is 26.4 Å². The molecular weight excluding hydrogens is 292 g/mol. The van der Waals surface area contributed by atoms with Crippen LogP contribution in [0.5, 0.6) is 0 Å². The lowest BCUT2D eigenvalue weighted by molar-refractivity contribution is -0.162. The van der Waals surface area contributed by atoms with Gasteiger partial charge in [0.2, 0.25) is 0 Å². The molecule has 0 aromatic heterocycles. The highest BCUT2D eigenvalue weighted by Crippen LogP contribution is 1.99. The fraction of sp³-hybridized carbons (Fsp3) is 0.857. The number of carbonyl (C=O) groups is 2. The van der Waals surface area contributed by atoms with Crippen molar-refractivity contribution < 1.29 is 29.0 Å². The average Bonchev–Trinajstić information content (AvgIpc) is 2.45. The van der Waals surface area contributed by atoms with Crippen molar-refractivity contribution in [3.8, 4) is 0 Å². The molecule has 0 aromatic carbocycles. The molecule has 8 nitrogen and oxygen atoms in total. The number of ether oxygens (including phenoxy) is 2. The predicted octanol–water partition coefficient (Wildman–Crippen LogP) is 0.304. The molecule has 0 spiro atoms. The van der Waals surface area contributed by atoms with Gasteiger partial charge in [-0.15, -0.1) is 5.48 Å². The quantitative estimate of drug-likeness (QED) is 0.327. The van der Waals surface area contributed by atoms with Crippen LogP contribution in [0.1, 0.15) is 33.6 Å². The summed E-state index contributed by atoms with van der Waals surface area (Å²) in [6, 6.07) is -2.10. The fourth-order valence-corrected chi connectivity index (χ4v) is 1.30. The first-order valence-corrected chi connectivity index (χ1v) is 7.48. The van der Waals surface area contributed by atoms with Crippen molar-refractivity contribution in [1.29, 1.82) is 0 Å². The van der Waals surface area contributed by atoms with Gasteiger partial charge in [-0.05, 0) is 18.8 Å². The van der Waals surface area contributed by atoms with E-state index in [0.717, 1.165) is 12.8 Å². The third-order valence-electron chi connectivity index (χ3n) is 2.67. The van der Waals surface area contributed by atoms with Crippen LogP contribution < -0.4 is 11.2 Å². The molecule has 0 rings (SSSR count). The molecule has 0 amide bonds. The average molecular weight is 320 g/mol. The molecule has 22 heavy (non-hydrogen) atoms. The van der Waals surface area contributed by atoms with E-state index in [-0.39, 0.29) is 13.2 Å². The van der Waals surface area contributed by atoms with Crippen LogP contribution >= 0.6 is 0 Å². The Bertz CT molecular complexity index is 324. The number of nitrogens with one attached hydrogen (secondary N) is 1. The summed E-state index contributed by atoms with van der Waals surface area (Å²) in [4.78, 5) is 27.3. The molecular formula is C14H28N2O6. The van der Waals surface area contributed by atoms with Crippen molar-refractivity contribution in [2.24, 2.45) is 11.7 Å². The lowest BCUT2D eigenvalue weighted by Gasteiger charge is -2.16. The molecule has 0 aliphatic rings. The summed E-state index contributed by atoms with van der Waals surface area (Å²) in [6.07, 6.45) is 1.64. The Hall–Kier alpha value is -1.22. The van der Waals surface area contributed by atoms with Gasteiger partial charge in [-0.25, -0.2) is 4.79 Å². The number of hydrogen-bond donors (Lipinski definition) is 3. The van der Waals surface area contributed by atoms with Gasteiger partial charge in [0.25, 0.3) is 0 Å². The van der Waals surface area contributed by atoms with Crippen molar-refractivity contribution in [1.82, 2.24) is 5.48 Å². The zero-order valence-corrected chi connectivity index (χ0v) is 13.5. The van der Waals surface area contributed by atoms with Crippen molar-refractivity contribution in [3.05, 3.63) is 0 Å². The lowest BCUT2D eigenvalue weighted by Crippen LogP contribution is -2.46. The van der Waals surface area contributed by atoms with E-state index in [9.17, 15) is 9.59 Å². The zero-order valence-electron chi connectivity index (χ0n) is 13.5. The van der Waals surface area contributed by atoms with E-state index in [2.05, 4.69) is 10.3 Å². The van der Waals surface area contributed by atoms with Crippen LogP contribution in [0.3, 0.4) is 0 Å². The summed E-state index contributed by atoms with van der Waals surface area (Å²) in [7, 11) is 0. The number of nitrogens with two attached hydrogens (primary N) is 1. The largest absolute Gasteiger partial charge is 0.480 e. The second-order valence-electron chi connectivity index (χ2n) is 5.37. The first kappa shape index (κ1) is 20.8. The van der Waals surface area contributed by atoms with E-state index in [1.54, 1.807) is 0 Å². The minimum absolute atomic E-state index is 0.0248. The SMILES string of the molecule is CCCOCC(N)C(=O)ONC(COCCC(C)C)C(=O)O. The Kier molecular flexibility index (Phi) is 11.7. The highest BCUT2D eigenvalue weighted by atomic mass is 16.7. The first-order valence-electron chi connectivity index (χ1n) is 7.48. The highest BCUT2D eigenvalue weighted by molar-refractivity contribution is 5.76. The van der Waals surface area contributed by atoms with Crippen LogP contribution in [-0.4, -0.2) is 55.6 Å². The molecule has 0 bridgehead atoms. The standard InChI is InChI=1S/C14H28N2O6/c1-4-6-20-8-11(15)14(19)22-16-12(13(17)18)9-21-7-5-10(2)3/h10-12,16H,4-9,15H2,1-3H3,(H,17,18). The van der Waals surface area contributed by atoms with Gasteiger partial charge in [-0.3, -0.25) is 4.79 Å². The van der Waals surface area contributed by atoms with Gasteiger partial charge < -0.3 is 25.2 Å². The fourth-order valence-electron chi connectivity index (χ4n) is 1.30. The molecule has 2 unspecified atom stereocenters. The molecule has 0 aliphatic heterocycles. The van der Waals surface area contributed by atoms with Gasteiger partial charge >= 0.3 is 11.9 Å². The number of carboxylic acids is 1. The smallest absolute Gasteiger partial charge is 0.343 e. The van der Waals surface area contributed by atoms with Crippen molar-refractivity contribution >= 4 is 11.9 Å². The van der Waals surface area contributed by atoms with Gasteiger partial charge in [0.1, 0.15) is 6.04 Å². The second-order valence-corrected chi connectivity index (χ2v) is 5.37. The Labute approximate surface area is 131 Å². The Morgan fingerprint density at radius 1 is 1.18 bits per heavy atom. The number of rotatable bonds is 13. The molecule has 8 heteroatoms. The molecule has 0 radical (unpaired) electrons. The van der Waals surface area contributed by atoms with Crippen LogP contribution in [0.2, 0.25) is 0 Å². The summed E-state index contributed by atoms with van der Waals surface area (Å²) < 4.78 is 10.4. The molecule has 0 saturated carbocycles. The van der Waals surface area contributed by atoms with Crippen molar-refractivity contribution in [3.63, 3.8) is 0 Å². The maximum Gasteiger partial charge on any atom is 0.343 e. The minimum atomic E-state index is -1.17. The van der Waals surface area contributed by atoms with Gasteiger partial charge in [0.15, 0.2) is 6.04 Å². The summed E-state index contributed by atoms with van der Waals surface area (Å²) in [5.41, 5.74) is 7.73.